The molecule has 0 saturated carbocycles. The smallest absolute Gasteiger partial charge is 0.262 e. The lowest BCUT2D eigenvalue weighted by molar-refractivity contribution is 0.0957. The van der Waals surface area contributed by atoms with Crippen LogP contribution in [0.4, 0.5) is 4.39 Å². The summed E-state index contributed by atoms with van der Waals surface area (Å²) in [6.45, 7) is 2.14. The quantitative estimate of drug-likeness (QED) is 0.790. The van der Waals surface area contributed by atoms with Crippen molar-refractivity contribution in [3.05, 3.63) is 62.8 Å². The van der Waals surface area contributed by atoms with Crippen molar-refractivity contribution < 1.29 is 9.18 Å². The topological polar surface area (TPSA) is 64.0 Å². The Balaban J connectivity index is 1.76. The van der Waals surface area contributed by atoms with Gasteiger partial charge in [0.25, 0.3) is 11.5 Å². The summed E-state index contributed by atoms with van der Waals surface area (Å²) in [6, 6.07) is 6.29. The van der Waals surface area contributed by atoms with Crippen molar-refractivity contribution in [3.63, 3.8) is 0 Å². The SMILES string of the molecule is Cc1c(C(=O)NCCc2cccc(F)c2)sc2ncn(C)c(=O)c12. The Bertz CT molecular complexity index is 978. The number of rotatable bonds is 4. The molecule has 0 aliphatic heterocycles. The zero-order chi connectivity index (χ0) is 17.3. The number of amides is 1. The van der Waals surface area contributed by atoms with E-state index in [0.717, 1.165) is 5.56 Å². The molecule has 0 unspecified atom stereocenters. The van der Waals surface area contributed by atoms with Gasteiger partial charge in [-0.1, -0.05) is 12.1 Å². The maximum absolute atomic E-state index is 13.1. The molecule has 2 aromatic heterocycles. The standard InChI is InChI=1S/C17H16FN3O2S/c1-10-13-16(20-9-21(2)17(13)23)24-14(10)15(22)19-7-6-11-4-3-5-12(18)8-11/h3-5,8-9H,6-7H2,1-2H3,(H,19,22). The van der Waals surface area contributed by atoms with Gasteiger partial charge in [0.2, 0.25) is 0 Å². The highest BCUT2D eigenvalue weighted by atomic mass is 32.1. The lowest BCUT2D eigenvalue weighted by Crippen LogP contribution is -2.25. The van der Waals surface area contributed by atoms with Crippen LogP contribution in [0, 0.1) is 12.7 Å². The maximum Gasteiger partial charge on any atom is 0.262 e. The van der Waals surface area contributed by atoms with Crippen molar-refractivity contribution in [2.24, 2.45) is 7.05 Å². The van der Waals surface area contributed by atoms with E-state index in [-0.39, 0.29) is 17.3 Å². The van der Waals surface area contributed by atoms with E-state index in [4.69, 9.17) is 0 Å². The Labute approximate surface area is 141 Å². The Hall–Kier alpha value is -2.54. The van der Waals surface area contributed by atoms with Crippen LogP contribution in [0.3, 0.4) is 0 Å². The van der Waals surface area contributed by atoms with Gasteiger partial charge < -0.3 is 9.88 Å². The predicted molar refractivity (Wildman–Crippen MR) is 92.0 cm³/mol. The molecule has 124 valence electrons. The number of carbonyl (C=O) groups excluding carboxylic acids is 1. The van der Waals surface area contributed by atoms with E-state index in [0.29, 0.717) is 33.6 Å². The maximum atomic E-state index is 13.1. The third-order valence-corrected chi connectivity index (χ3v) is 5.00. The van der Waals surface area contributed by atoms with Crippen LogP contribution in [0.2, 0.25) is 0 Å². The normalized spacial score (nSPS) is 11.0. The number of fused-ring (bicyclic) bond motifs is 1. The number of nitrogens with zero attached hydrogens (tertiary/aromatic N) is 2. The summed E-state index contributed by atoms with van der Waals surface area (Å²) in [5.41, 5.74) is 1.30. The fraction of sp³-hybridized carbons (Fsp3) is 0.235. The van der Waals surface area contributed by atoms with Crippen molar-refractivity contribution in [1.29, 1.82) is 0 Å². The van der Waals surface area contributed by atoms with Crippen LogP contribution in [-0.4, -0.2) is 22.0 Å². The predicted octanol–water partition coefficient (Wildman–Crippen LogP) is 2.42. The van der Waals surface area contributed by atoms with Crippen LogP contribution in [0.25, 0.3) is 10.2 Å². The second-order valence-electron chi connectivity index (χ2n) is 5.53. The molecule has 0 radical (unpaired) electrons. The molecule has 0 bridgehead atoms. The number of benzene rings is 1. The first-order valence-corrected chi connectivity index (χ1v) is 8.26. The minimum atomic E-state index is -0.291. The highest BCUT2D eigenvalue weighted by molar-refractivity contribution is 7.20. The average Bonchev–Trinajstić information content (AvgIpc) is 2.88. The first kappa shape index (κ1) is 16.3. The van der Waals surface area contributed by atoms with Crippen molar-refractivity contribution in [3.8, 4) is 0 Å². The number of aromatic nitrogens is 2. The van der Waals surface area contributed by atoms with E-state index in [1.165, 1.54) is 34.4 Å². The van der Waals surface area contributed by atoms with Gasteiger partial charge in [-0.05, 0) is 36.6 Å². The van der Waals surface area contributed by atoms with E-state index in [9.17, 15) is 14.0 Å². The largest absolute Gasteiger partial charge is 0.351 e. The lowest BCUT2D eigenvalue weighted by Gasteiger charge is -2.05. The fourth-order valence-electron chi connectivity index (χ4n) is 2.52. The van der Waals surface area contributed by atoms with E-state index in [1.54, 1.807) is 20.0 Å². The Morgan fingerprint density at radius 2 is 2.21 bits per heavy atom. The summed E-state index contributed by atoms with van der Waals surface area (Å²) in [6.07, 6.45) is 1.99. The van der Waals surface area contributed by atoms with Gasteiger partial charge >= 0.3 is 0 Å². The second kappa shape index (κ2) is 6.52. The van der Waals surface area contributed by atoms with Crippen molar-refractivity contribution in [2.75, 3.05) is 6.54 Å². The number of aryl methyl sites for hydroxylation is 2. The van der Waals surface area contributed by atoms with Crippen molar-refractivity contribution in [1.82, 2.24) is 14.9 Å². The summed E-state index contributed by atoms with van der Waals surface area (Å²) < 4.78 is 14.5. The van der Waals surface area contributed by atoms with Gasteiger partial charge in [-0.15, -0.1) is 11.3 Å². The highest BCUT2D eigenvalue weighted by Crippen LogP contribution is 2.26. The van der Waals surface area contributed by atoms with E-state index in [1.807, 2.05) is 6.07 Å². The average molecular weight is 345 g/mol. The lowest BCUT2D eigenvalue weighted by atomic mass is 10.1. The first-order valence-electron chi connectivity index (χ1n) is 7.44. The zero-order valence-corrected chi connectivity index (χ0v) is 14.1. The molecule has 24 heavy (non-hydrogen) atoms. The molecule has 0 spiro atoms. The zero-order valence-electron chi connectivity index (χ0n) is 13.3. The molecule has 1 amide bonds. The molecular weight excluding hydrogens is 329 g/mol. The molecule has 3 rings (SSSR count). The number of thiophene rings is 1. The molecule has 0 aliphatic rings. The number of carbonyl (C=O) groups is 1. The molecule has 3 aromatic rings. The summed E-state index contributed by atoms with van der Waals surface area (Å²) in [4.78, 5) is 29.8. The number of hydrogen-bond acceptors (Lipinski definition) is 4. The van der Waals surface area contributed by atoms with Gasteiger partial charge in [0.05, 0.1) is 16.6 Å². The van der Waals surface area contributed by atoms with Crippen LogP contribution in [0.15, 0.2) is 35.4 Å². The van der Waals surface area contributed by atoms with Crippen LogP contribution >= 0.6 is 11.3 Å². The Morgan fingerprint density at radius 3 is 2.96 bits per heavy atom. The highest BCUT2D eigenvalue weighted by Gasteiger charge is 2.18. The number of halogens is 1. The van der Waals surface area contributed by atoms with Crippen molar-refractivity contribution in [2.45, 2.75) is 13.3 Å². The fourth-order valence-corrected chi connectivity index (χ4v) is 3.57. The first-order chi connectivity index (χ1) is 11.5. The van der Waals surface area contributed by atoms with Crippen LogP contribution < -0.4 is 10.9 Å². The summed E-state index contributed by atoms with van der Waals surface area (Å²) in [7, 11) is 1.63. The van der Waals surface area contributed by atoms with Crippen LogP contribution in [0.1, 0.15) is 20.8 Å². The minimum absolute atomic E-state index is 0.160. The summed E-state index contributed by atoms with van der Waals surface area (Å²) in [5.74, 6) is -0.532. The van der Waals surface area contributed by atoms with Crippen LogP contribution in [-0.2, 0) is 13.5 Å². The van der Waals surface area contributed by atoms with E-state index < -0.39 is 0 Å². The molecule has 5 nitrogen and oxygen atoms in total. The molecule has 2 heterocycles. The van der Waals surface area contributed by atoms with E-state index >= 15 is 0 Å². The molecule has 0 aliphatic carbocycles. The van der Waals surface area contributed by atoms with Gasteiger partial charge in [0.15, 0.2) is 0 Å². The summed E-state index contributed by atoms with van der Waals surface area (Å²) in [5, 5.41) is 3.30. The third-order valence-electron chi connectivity index (χ3n) is 3.81. The number of hydrogen-bond donors (Lipinski definition) is 1. The molecule has 7 heteroatoms. The van der Waals surface area contributed by atoms with E-state index in [2.05, 4.69) is 10.3 Å². The van der Waals surface area contributed by atoms with Crippen LogP contribution in [0.5, 0.6) is 0 Å². The second-order valence-corrected chi connectivity index (χ2v) is 6.53. The molecule has 1 aromatic carbocycles. The monoisotopic (exact) mass is 345 g/mol. The van der Waals surface area contributed by atoms with Gasteiger partial charge in [0, 0.05) is 13.6 Å². The molecule has 1 N–H and O–H groups in total. The summed E-state index contributed by atoms with van der Waals surface area (Å²) >= 11 is 1.21. The Kier molecular flexibility index (Phi) is 4.44. The van der Waals surface area contributed by atoms with Gasteiger partial charge in [-0.25, -0.2) is 9.37 Å². The van der Waals surface area contributed by atoms with Crippen molar-refractivity contribution >= 4 is 27.5 Å². The third kappa shape index (κ3) is 3.07. The minimum Gasteiger partial charge on any atom is -0.351 e. The Morgan fingerprint density at radius 1 is 1.42 bits per heavy atom. The van der Waals surface area contributed by atoms with Gasteiger partial charge in [-0.3, -0.25) is 9.59 Å². The molecule has 0 atom stereocenters. The van der Waals surface area contributed by atoms with Gasteiger partial charge in [-0.2, -0.15) is 0 Å². The molecule has 0 saturated heterocycles. The molecule has 0 fully saturated rings. The number of nitrogens with one attached hydrogen (secondary N) is 1. The van der Waals surface area contributed by atoms with Gasteiger partial charge in [0.1, 0.15) is 10.6 Å². The molecular formula is C17H16FN3O2S.